The molecule has 82 valence electrons. The van der Waals surface area contributed by atoms with Gasteiger partial charge in [-0.1, -0.05) is 13.5 Å². The van der Waals surface area contributed by atoms with E-state index >= 15 is 0 Å². The van der Waals surface area contributed by atoms with Crippen molar-refractivity contribution < 1.29 is 22.5 Å². The molecule has 0 aliphatic heterocycles. The normalized spacial score (nSPS) is 13.4. The van der Waals surface area contributed by atoms with Crippen molar-refractivity contribution in [1.29, 1.82) is 0 Å². The second kappa shape index (κ2) is 5.11. The van der Waals surface area contributed by atoms with Crippen molar-refractivity contribution in [2.24, 2.45) is 0 Å². The van der Waals surface area contributed by atoms with Crippen LogP contribution in [0.1, 0.15) is 20.3 Å². The molecule has 0 fully saturated rings. The Hall–Kier alpha value is -0.880. The van der Waals surface area contributed by atoms with E-state index < -0.39 is 21.3 Å². The first-order chi connectivity index (χ1) is 6.29. The van der Waals surface area contributed by atoms with Crippen molar-refractivity contribution in [3.05, 3.63) is 12.2 Å². The van der Waals surface area contributed by atoms with Gasteiger partial charge < -0.3 is 4.74 Å². The number of rotatable bonds is 5. The van der Waals surface area contributed by atoms with Crippen LogP contribution in [0.3, 0.4) is 0 Å². The van der Waals surface area contributed by atoms with E-state index in [-0.39, 0.29) is 18.6 Å². The Morgan fingerprint density at radius 1 is 1.57 bits per heavy atom. The zero-order valence-corrected chi connectivity index (χ0v) is 9.00. The lowest BCUT2D eigenvalue weighted by Crippen LogP contribution is -2.26. The third-order valence-electron chi connectivity index (χ3n) is 1.63. The summed E-state index contributed by atoms with van der Waals surface area (Å²) in [6, 6.07) is 0. The van der Waals surface area contributed by atoms with Gasteiger partial charge in [0.15, 0.2) is 0 Å². The minimum absolute atomic E-state index is 0.183. The molecule has 5 nitrogen and oxygen atoms in total. The summed E-state index contributed by atoms with van der Waals surface area (Å²) < 4.78 is 34.7. The Labute approximate surface area is 83.5 Å². The predicted octanol–water partition coefficient (Wildman–Crippen LogP) is 0.772. The Kier molecular flexibility index (Phi) is 4.79. The maximum Gasteiger partial charge on any atom is 0.333 e. The Bertz CT molecular complexity index is 317. The van der Waals surface area contributed by atoms with Gasteiger partial charge in [0.25, 0.3) is 10.1 Å². The molecule has 0 heterocycles. The van der Waals surface area contributed by atoms with Gasteiger partial charge in [0.05, 0.1) is 0 Å². The van der Waals surface area contributed by atoms with Crippen LogP contribution < -0.4 is 0 Å². The van der Waals surface area contributed by atoms with E-state index in [2.05, 4.69) is 11.3 Å². The standard InChI is InChI=1S/C8H14O5S/c1-4-7(14(10,11)12)5-13-8(9)6(2)3/h7H,2,4-5H2,1,3H3,(H,10,11,12). The zero-order valence-electron chi connectivity index (χ0n) is 8.19. The predicted molar refractivity (Wildman–Crippen MR) is 51.4 cm³/mol. The van der Waals surface area contributed by atoms with E-state index in [1.807, 2.05) is 0 Å². The molecule has 0 amide bonds. The molecule has 0 bridgehead atoms. The Morgan fingerprint density at radius 3 is 2.36 bits per heavy atom. The first kappa shape index (κ1) is 13.1. The van der Waals surface area contributed by atoms with Crippen LogP contribution in [0.25, 0.3) is 0 Å². The van der Waals surface area contributed by atoms with Gasteiger partial charge >= 0.3 is 5.97 Å². The van der Waals surface area contributed by atoms with E-state index in [4.69, 9.17) is 4.55 Å². The highest BCUT2D eigenvalue weighted by Gasteiger charge is 2.22. The molecule has 0 radical (unpaired) electrons. The summed E-state index contributed by atoms with van der Waals surface area (Å²) in [6.07, 6.45) is 0.183. The molecule has 0 aliphatic carbocycles. The average molecular weight is 222 g/mol. The number of carbonyl (C=O) groups excluding carboxylic acids is 1. The van der Waals surface area contributed by atoms with Crippen LogP contribution in [-0.2, 0) is 19.6 Å². The quantitative estimate of drug-likeness (QED) is 0.422. The third kappa shape index (κ3) is 4.38. The van der Waals surface area contributed by atoms with E-state index in [0.29, 0.717) is 0 Å². The molecule has 0 rings (SSSR count). The van der Waals surface area contributed by atoms with Crippen molar-refractivity contribution in [3.8, 4) is 0 Å². The van der Waals surface area contributed by atoms with Gasteiger partial charge in [-0.2, -0.15) is 8.42 Å². The van der Waals surface area contributed by atoms with Gasteiger partial charge in [-0.15, -0.1) is 0 Å². The molecule has 1 atom stereocenters. The van der Waals surface area contributed by atoms with E-state index in [1.165, 1.54) is 6.92 Å². The van der Waals surface area contributed by atoms with Crippen molar-refractivity contribution in [2.75, 3.05) is 6.61 Å². The largest absolute Gasteiger partial charge is 0.461 e. The number of esters is 1. The minimum Gasteiger partial charge on any atom is -0.461 e. The lowest BCUT2D eigenvalue weighted by atomic mass is 10.3. The summed E-state index contributed by atoms with van der Waals surface area (Å²) in [6.45, 7) is 6.02. The first-order valence-electron chi connectivity index (χ1n) is 4.08. The van der Waals surface area contributed by atoms with Crippen LogP contribution in [0.15, 0.2) is 12.2 Å². The second-order valence-corrected chi connectivity index (χ2v) is 4.62. The molecule has 0 aliphatic rings. The van der Waals surface area contributed by atoms with Crippen LogP contribution in [0.4, 0.5) is 0 Å². The van der Waals surface area contributed by atoms with Crippen LogP contribution in [0.5, 0.6) is 0 Å². The Balaban J connectivity index is 4.24. The van der Waals surface area contributed by atoms with Gasteiger partial charge in [0.2, 0.25) is 0 Å². The molecule has 0 aromatic rings. The summed E-state index contributed by atoms with van der Waals surface area (Å²) >= 11 is 0. The smallest absolute Gasteiger partial charge is 0.333 e. The molecule has 1 unspecified atom stereocenters. The fourth-order valence-electron chi connectivity index (χ4n) is 0.706. The first-order valence-corrected chi connectivity index (χ1v) is 5.58. The summed E-state index contributed by atoms with van der Waals surface area (Å²) in [5.74, 6) is -0.660. The maximum absolute atomic E-state index is 10.9. The van der Waals surface area contributed by atoms with Crippen LogP contribution in [-0.4, -0.2) is 30.8 Å². The van der Waals surface area contributed by atoms with E-state index in [0.717, 1.165) is 0 Å². The monoisotopic (exact) mass is 222 g/mol. The lowest BCUT2D eigenvalue weighted by molar-refractivity contribution is -0.138. The van der Waals surface area contributed by atoms with E-state index in [1.54, 1.807) is 6.92 Å². The second-order valence-electron chi connectivity index (χ2n) is 2.92. The molecule has 6 heteroatoms. The average Bonchev–Trinajstić information content (AvgIpc) is 2.02. The van der Waals surface area contributed by atoms with Crippen molar-refractivity contribution in [2.45, 2.75) is 25.5 Å². The summed E-state index contributed by atoms with van der Waals surface area (Å²) in [5, 5.41) is -1.06. The molecule has 0 saturated carbocycles. The molecule has 1 N–H and O–H groups in total. The van der Waals surface area contributed by atoms with Crippen LogP contribution in [0.2, 0.25) is 0 Å². The highest BCUT2D eigenvalue weighted by atomic mass is 32.2. The molecule has 0 aromatic heterocycles. The highest BCUT2D eigenvalue weighted by Crippen LogP contribution is 2.05. The van der Waals surface area contributed by atoms with Crippen LogP contribution in [0, 0.1) is 0 Å². The zero-order chi connectivity index (χ0) is 11.4. The van der Waals surface area contributed by atoms with Gasteiger partial charge in [-0.25, -0.2) is 4.79 Å². The van der Waals surface area contributed by atoms with Crippen LogP contribution >= 0.6 is 0 Å². The van der Waals surface area contributed by atoms with Crippen molar-refractivity contribution >= 4 is 16.1 Å². The minimum atomic E-state index is -4.14. The maximum atomic E-state index is 10.9. The van der Waals surface area contributed by atoms with Crippen molar-refractivity contribution in [3.63, 3.8) is 0 Å². The molecule has 0 saturated heterocycles. The third-order valence-corrected chi connectivity index (χ3v) is 2.94. The molecular weight excluding hydrogens is 208 g/mol. The summed E-state index contributed by atoms with van der Waals surface area (Å²) in [7, 11) is -4.14. The molecule has 14 heavy (non-hydrogen) atoms. The summed E-state index contributed by atoms with van der Waals surface area (Å²) in [4.78, 5) is 10.9. The number of hydrogen-bond acceptors (Lipinski definition) is 4. The van der Waals surface area contributed by atoms with E-state index in [9.17, 15) is 13.2 Å². The topological polar surface area (TPSA) is 80.7 Å². The fourth-order valence-corrected chi connectivity index (χ4v) is 1.37. The lowest BCUT2D eigenvalue weighted by Gasteiger charge is -2.11. The number of ether oxygens (including phenoxy) is 1. The fraction of sp³-hybridized carbons (Fsp3) is 0.625. The number of hydrogen-bond donors (Lipinski definition) is 1. The number of carbonyl (C=O) groups is 1. The van der Waals surface area contributed by atoms with Gasteiger partial charge in [-0.05, 0) is 13.3 Å². The van der Waals surface area contributed by atoms with Crippen molar-refractivity contribution in [1.82, 2.24) is 0 Å². The molecular formula is C8H14O5S. The molecule has 0 spiro atoms. The van der Waals surface area contributed by atoms with Gasteiger partial charge in [-0.3, -0.25) is 4.55 Å². The Morgan fingerprint density at radius 2 is 2.07 bits per heavy atom. The van der Waals surface area contributed by atoms with Gasteiger partial charge in [0, 0.05) is 5.57 Å². The SMILES string of the molecule is C=C(C)C(=O)OCC(CC)S(=O)(=O)O. The van der Waals surface area contributed by atoms with Gasteiger partial charge in [0.1, 0.15) is 11.9 Å². The summed E-state index contributed by atoms with van der Waals surface area (Å²) in [5.41, 5.74) is 0.190. The molecule has 0 aromatic carbocycles. The highest BCUT2D eigenvalue weighted by molar-refractivity contribution is 7.86.